The maximum absolute atomic E-state index is 13.4. The van der Waals surface area contributed by atoms with Crippen LogP contribution >= 0.6 is 0 Å². The van der Waals surface area contributed by atoms with Crippen LogP contribution in [-0.4, -0.2) is 23.3 Å². The van der Waals surface area contributed by atoms with E-state index in [0.29, 0.717) is 11.7 Å². The Morgan fingerprint density at radius 1 is 1.00 bits per heavy atom. The van der Waals surface area contributed by atoms with E-state index in [4.69, 9.17) is 14.2 Å². The fourth-order valence-electron chi connectivity index (χ4n) is 4.30. The van der Waals surface area contributed by atoms with Gasteiger partial charge in [-0.05, 0) is 48.7 Å². The zero-order chi connectivity index (χ0) is 24.4. The summed E-state index contributed by atoms with van der Waals surface area (Å²) in [5.41, 5.74) is 5.17. The summed E-state index contributed by atoms with van der Waals surface area (Å²) in [4.78, 5) is 19.7. The van der Waals surface area contributed by atoms with Crippen molar-refractivity contribution >= 4 is 17.3 Å². The molecule has 0 spiro atoms. The van der Waals surface area contributed by atoms with Crippen molar-refractivity contribution in [2.24, 2.45) is 0 Å². The van der Waals surface area contributed by atoms with Gasteiger partial charge in [-0.2, -0.15) is 4.98 Å². The average molecular weight is 467 g/mol. The quantitative estimate of drug-likeness (QED) is 0.376. The number of allylic oxidation sites excluding steroid dienone is 1. The Labute approximate surface area is 204 Å². The highest BCUT2D eigenvalue weighted by Gasteiger charge is 2.36. The van der Waals surface area contributed by atoms with E-state index in [0.717, 1.165) is 40.3 Å². The number of methoxy groups -OCH3 is 1. The highest BCUT2D eigenvalue weighted by Crippen LogP contribution is 2.39. The molecule has 1 aliphatic heterocycles. The van der Waals surface area contributed by atoms with Gasteiger partial charge in [0.2, 0.25) is 5.82 Å². The topological polar surface area (TPSA) is 80.5 Å². The molecule has 2 heterocycles. The number of benzene rings is 3. The van der Waals surface area contributed by atoms with Crippen LogP contribution < -0.4 is 15.0 Å². The van der Waals surface area contributed by atoms with E-state index in [1.54, 1.807) is 12.0 Å². The number of rotatable bonds is 6. The molecule has 176 valence electrons. The molecule has 0 saturated heterocycles. The number of carbonyl (C=O) groups excluding carboxylic acids is 1. The van der Waals surface area contributed by atoms with Gasteiger partial charge in [-0.25, -0.2) is 4.79 Å². The van der Waals surface area contributed by atoms with Crippen molar-refractivity contribution in [2.45, 2.75) is 26.3 Å². The molecule has 0 saturated carbocycles. The third-order valence-electron chi connectivity index (χ3n) is 6.23. The maximum Gasteiger partial charge on any atom is 0.326 e. The third-order valence-corrected chi connectivity index (χ3v) is 6.23. The molecule has 1 aliphatic rings. The Kier molecular flexibility index (Phi) is 6.06. The molecule has 1 aromatic heterocycles. The average Bonchev–Trinajstić information content (AvgIpc) is 3.39. The number of carbonyl (C=O) groups is 1. The van der Waals surface area contributed by atoms with Gasteiger partial charge in [-0.3, -0.25) is 4.90 Å². The number of urea groups is 1. The van der Waals surface area contributed by atoms with Crippen LogP contribution in [0.5, 0.6) is 5.75 Å². The summed E-state index contributed by atoms with van der Waals surface area (Å²) >= 11 is 0. The molecule has 0 aliphatic carbocycles. The first-order valence-electron chi connectivity index (χ1n) is 11.5. The number of nitrogens with zero attached hydrogens (tertiary/aromatic N) is 3. The van der Waals surface area contributed by atoms with Crippen LogP contribution in [0, 0.1) is 0 Å². The lowest BCUT2D eigenvalue weighted by Gasteiger charge is -2.35. The molecule has 0 bridgehead atoms. The van der Waals surface area contributed by atoms with E-state index in [1.165, 1.54) is 5.56 Å². The molecular formula is C28H26N4O3. The molecular weight excluding hydrogens is 440 g/mol. The molecule has 1 unspecified atom stereocenters. The molecule has 4 aromatic rings. The fourth-order valence-corrected chi connectivity index (χ4v) is 4.30. The normalized spacial score (nSPS) is 15.8. The van der Waals surface area contributed by atoms with Gasteiger partial charge >= 0.3 is 6.03 Å². The summed E-state index contributed by atoms with van der Waals surface area (Å²) in [7, 11) is 1.62. The Morgan fingerprint density at radius 2 is 1.71 bits per heavy atom. The number of ether oxygens (including phenoxy) is 1. The molecule has 7 nitrogen and oxygen atoms in total. The van der Waals surface area contributed by atoms with E-state index in [1.807, 2.05) is 85.8 Å². The summed E-state index contributed by atoms with van der Waals surface area (Å²) in [6.07, 6.45) is 0.927. The van der Waals surface area contributed by atoms with Gasteiger partial charge in [0.05, 0.1) is 24.4 Å². The number of nitrogens with one attached hydrogen (secondary N) is 1. The number of hydrogen-bond donors (Lipinski definition) is 1. The van der Waals surface area contributed by atoms with Gasteiger partial charge in [0, 0.05) is 11.3 Å². The standard InChI is InChI=1S/C28H26N4O3/c1-4-19-10-14-22(15-11-19)32-18(2)24(27-30-26(31-35-27)21-8-6-5-7-9-21)25(29-28(32)33)20-12-16-23(34-3)17-13-20/h5-17,25H,4H2,1-3H3,(H,29,33). The fraction of sp³-hybridized carbons (Fsp3) is 0.179. The van der Waals surface area contributed by atoms with E-state index in [9.17, 15) is 4.79 Å². The van der Waals surface area contributed by atoms with Crippen LogP contribution in [0.15, 0.2) is 89.1 Å². The molecule has 0 fully saturated rings. The summed E-state index contributed by atoms with van der Waals surface area (Å²) in [6.45, 7) is 4.01. The second-order valence-electron chi connectivity index (χ2n) is 8.30. The van der Waals surface area contributed by atoms with Crippen LogP contribution in [-0.2, 0) is 6.42 Å². The van der Waals surface area contributed by atoms with Gasteiger partial charge in [-0.1, -0.05) is 66.7 Å². The lowest BCUT2D eigenvalue weighted by atomic mass is 9.94. The zero-order valence-corrected chi connectivity index (χ0v) is 19.9. The van der Waals surface area contributed by atoms with Crippen LogP contribution in [0.1, 0.15) is 36.9 Å². The molecule has 2 amide bonds. The van der Waals surface area contributed by atoms with Gasteiger partial charge in [0.25, 0.3) is 5.89 Å². The minimum absolute atomic E-state index is 0.223. The van der Waals surface area contributed by atoms with Crippen molar-refractivity contribution in [3.8, 4) is 17.1 Å². The molecule has 3 aromatic carbocycles. The first kappa shape index (κ1) is 22.4. The Bertz CT molecular complexity index is 1360. The highest BCUT2D eigenvalue weighted by atomic mass is 16.5. The van der Waals surface area contributed by atoms with E-state index < -0.39 is 6.04 Å². The Morgan fingerprint density at radius 3 is 2.37 bits per heavy atom. The molecule has 7 heteroatoms. The van der Waals surface area contributed by atoms with E-state index >= 15 is 0 Å². The molecule has 35 heavy (non-hydrogen) atoms. The lowest BCUT2D eigenvalue weighted by molar-refractivity contribution is 0.244. The maximum atomic E-state index is 13.4. The van der Waals surface area contributed by atoms with Crippen molar-refractivity contribution in [3.63, 3.8) is 0 Å². The molecule has 0 radical (unpaired) electrons. The van der Waals surface area contributed by atoms with Crippen LogP contribution in [0.25, 0.3) is 17.0 Å². The van der Waals surface area contributed by atoms with Crippen molar-refractivity contribution in [3.05, 3.63) is 102 Å². The second-order valence-corrected chi connectivity index (χ2v) is 8.30. The molecule has 1 atom stereocenters. The lowest BCUT2D eigenvalue weighted by Crippen LogP contribution is -2.46. The van der Waals surface area contributed by atoms with Gasteiger partial charge in [0.1, 0.15) is 5.75 Å². The van der Waals surface area contributed by atoms with Crippen molar-refractivity contribution < 1.29 is 14.1 Å². The number of hydrogen-bond acceptors (Lipinski definition) is 5. The van der Waals surface area contributed by atoms with Crippen LogP contribution in [0.2, 0.25) is 0 Å². The summed E-state index contributed by atoms with van der Waals surface area (Å²) in [6, 6.07) is 24.5. The van der Waals surface area contributed by atoms with Crippen molar-refractivity contribution in [1.82, 2.24) is 15.5 Å². The number of aryl methyl sites for hydroxylation is 1. The highest BCUT2D eigenvalue weighted by molar-refractivity contribution is 6.01. The summed E-state index contributed by atoms with van der Waals surface area (Å²) < 4.78 is 11.1. The SMILES string of the molecule is CCc1ccc(N2C(=O)NC(c3ccc(OC)cc3)C(c3nc(-c4ccccc4)no3)=C2C)cc1. The second kappa shape index (κ2) is 9.46. The molecule has 1 N–H and O–H groups in total. The third kappa shape index (κ3) is 4.28. The summed E-state index contributed by atoms with van der Waals surface area (Å²) in [5, 5.41) is 7.36. The minimum Gasteiger partial charge on any atom is -0.497 e. The van der Waals surface area contributed by atoms with Gasteiger partial charge in [-0.15, -0.1) is 0 Å². The summed E-state index contributed by atoms with van der Waals surface area (Å²) in [5.74, 6) is 1.59. The predicted octanol–water partition coefficient (Wildman–Crippen LogP) is 6.01. The van der Waals surface area contributed by atoms with Crippen molar-refractivity contribution in [2.75, 3.05) is 12.0 Å². The number of amides is 2. The predicted molar refractivity (Wildman–Crippen MR) is 135 cm³/mol. The Hall–Kier alpha value is -4.39. The first-order valence-corrected chi connectivity index (χ1v) is 11.5. The monoisotopic (exact) mass is 466 g/mol. The minimum atomic E-state index is -0.469. The molecule has 5 rings (SSSR count). The smallest absolute Gasteiger partial charge is 0.326 e. The number of anilines is 1. The van der Waals surface area contributed by atoms with Crippen molar-refractivity contribution in [1.29, 1.82) is 0 Å². The van der Waals surface area contributed by atoms with Crippen LogP contribution in [0.3, 0.4) is 0 Å². The van der Waals surface area contributed by atoms with Crippen LogP contribution in [0.4, 0.5) is 10.5 Å². The largest absolute Gasteiger partial charge is 0.497 e. The Balaban J connectivity index is 1.63. The van der Waals surface area contributed by atoms with E-state index in [-0.39, 0.29) is 6.03 Å². The number of aromatic nitrogens is 2. The zero-order valence-electron chi connectivity index (χ0n) is 19.9. The van der Waals surface area contributed by atoms with E-state index in [2.05, 4.69) is 17.4 Å². The van der Waals surface area contributed by atoms with Gasteiger partial charge in [0.15, 0.2) is 0 Å². The van der Waals surface area contributed by atoms with Gasteiger partial charge < -0.3 is 14.6 Å². The first-order chi connectivity index (χ1) is 17.1.